The minimum absolute atomic E-state index is 0.0189. The molecule has 1 aromatic rings. The molecule has 0 amide bonds. The average molecular weight is 312 g/mol. The number of aromatic nitrogens is 1. The van der Waals surface area contributed by atoms with Crippen LogP contribution < -0.4 is 5.32 Å². The van der Waals surface area contributed by atoms with E-state index in [1.807, 2.05) is 6.20 Å². The van der Waals surface area contributed by atoms with Crippen LogP contribution >= 0.6 is 0 Å². The van der Waals surface area contributed by atoms with E-state index in [1.165, 1.54) is 12.8 Å². The lowest BCUT2D eigenvalue weighted by Crippen LogP contribution is -2.59. The molecule has 0 saturated heterocycles. The van der Waals surface area contributed by atoms with Crippen molar-refractivity contribution in [3.63, 3.8) is 0 Å². The molecule has 23 heavy (non-hydrogen) atoms. The molecule has 0 aliphatic heterocycles. The zero-order valence-electron chi connectivity index (χ0n) is 13.3. The molecule has 3 N–H and O–H groups in total. The van der Waals surface area contributed by atoms with Crippen molar-refractivity contribution in [1.82, 2.24) is 4.98 Å². The quantitative estimate of drug-likeness (QED) is 0.802. The van der Waals surface area contributed by atoms with Crippen LogP contribution in [0.4, 0.5) is 5.69 Å². The molecule has 4 bridgehead atoms. The van der Waals surface area contributed by atoms with Crippen molar-refractivity contribution in [1.29, 1.82) is 0 Å². The van der Waals surface area contributed by atoms with Crippen LogP contribution in [0.5, 0.6) is 0 Å². The fraction of sp³-hybridized carbons (Fsp3) is 0.632. The molecule has 4 fully saturated rings. The Bertz CT molecular complexity index is 668. The lowest BCUT2D eigenvalue weighted by Gasteiger charge is -2.58. The summed E-state index contributed by atoms with van der Waals surface area (Å²) in [4.78, 5) is 4.48. The van der Waals surface area contributed by atoms with Crippen molar-refractivity contribution in [2.75, 3.05) is 5.32 Å². The Hall–Kier alpha value is -1.39. The molecule has 5 aliphatic rings. The highest BCUT2D eigenvalue weighted by molar-refractivity contribution is 5.74. The van der Waals surface area contributed by atoms with E-state index in [0.29, 0.717) is 17.9 Å². The molecule has 0 aromatic carbocycles. The van der Waals surface area contributed by atoms with E-state index < -0.39 is 5.60 Å². The first-order valence-electron chi connectivity index (χ1n) is 8.92. The maximum absolute atomic E-state index is 10.8. The number of hydrogen-bond acceptors (Lipinski definition) is 4. The summed E-state index contributed by atoms with van der Waals surface area (Å²) in [6, 6.07) is 0.428. The number of aliphatic hydroxyl groups excluding tert-OH is 1. The van der Waals surface area contributed by atoms with E-state index >= 15 is 0 Å². The third-order valence-electron chi connectivity index (χ3n) is 6.60. The molecule has 5 aliphatic carbocycles. The predicted molar refractivity (Wildman–Crippen MR) is 88.8 cm³/mol. The summed E-state index contributed by atoms with van der Waals surface area (Å²) < 4.78 is 0. The lowest BCUT2D eigenvalue weighted by molar-refractivity contribution is -0.129. The molecule has 1 heterocycles. The lowest BCUT2D eigenvalue weighted by atomic mass is 9.52. The Morgan fingerprint density at radius 1 is 1.22 bits per heavy atom. The second kappa shape index (κ2) is 4.81. The third-order valence-corrected chi connectivity index (χ3v) is 6.60. The second-order valence-corrected chi connectivity index (χ2v) is 8.15. The summed E-state index contributed by atoms with van der Waals surface area (Å²) in [6.45, 7) is 0.0189. The standard InChI is InChI=1S/C19H24N2O2/c22-10-14-9-20-16-3-1-2-15(16)18(14)21-17-12-4-11-5-13(17)8-19(23,6-11)7-12/h1-2,9,11-13,17,22-23H,3-8,10H2,(H,20,21)/t11?,12-,13+,17?,19?. The van der Waals surface area contributed by atoms with Gasteiger partial charge in [-0.2, -0.15) is 0 Å². The van der Waals surface area contributed by atoms with Gasteiger partial charge in [0.05, 0.1) is 23.6 Å². The SMILES string of the molecule is OCc1cnc2c(c1NC1[C@@H]3CC4C[C@H]1CC(O)(C4)C3)C=CC2. The first-order valence-corrected chi connectivity index (χ1v) is 8.92. The molecule has 6 rings (SSSR count). The van der Waals surface area contributed by atoms with Gasteiger partial charge < -0.3 is 15.5 Å². The van der Waals surface area contributed by atoms with Crippen LogP contribution in [0.2, 0.25) is 0 Å². The van der Waals surface area contributed by atoms with Gasteiger partial charge in [0.1, 0.15) is 0 Å². The number of pyridine rings is 1. The number of rotatable bonds is 3. The largest absolute Gasteiger partial charge is 0.392 e. The topological polar surface area (TPSA) is 65.4 Å². The van der Waals surface area contributed by atoms with Crippen LogP contribution in [0.15, 0.2) is 12.3 Å². The Morgan fingerprint density at radius 2 is 2.00 bits per heavy atom. The highest BCUT2D eigenvalue weighted by atomic mass is 16.3. The van der Waals surface area contributed by atoms with Crippen LogP contribution in [0, 0.1) is 17.8 Å². The minimum atomic E-state index is -0.394. The van der Waals surface area contributed by atoms with Gasteiger partial charge in [-0.3, -0.25) is 4.98 Å². The number of nitrogens with one attached hydrogen (secondary N) is 1. The van der Waals surface area contributed by atoms with Crippen molar-refractivity contribution in [2.45, 2.75) is 56.8 Å². The maximum Gasteiger partial charge on any atom is 0.0717 e. The van der Waals surface area contributed by atoms with E-state index in [2.05, 4.69) is 22.5 Å². The Morgan fingerprint density at radius 3 is 2.70 bits per heavy atom. The Kier molecular flexibility index (Phi) is 2.92. The monoisotopic (exact) mass is 312 g/mol. The summed E-state index contributed by atoms with van der Waals surface area (Å²) in [5, 5.41) is 24.3. The van der Waals surface area contributed by atoms with Crippen LogP contribution in [0.3, 0.4) is 0 Å². The summed E-state index contributed by atoms with van der Waals surface area (Å²) in [5.41, 5.74) is 3.84. The summed E-state index contributed by atoms with van der Waals surface area (Å²) >= 11 is 0. The van der Waals surface area contributed by atoms with Gasteiger partial charge in [-0.1, -0.05) is 12.2 Å². The zero-order chi connectivity index (χ0) is 15.6. The van der Waals surface area contributed by atoms with Crippen LogP contribution in [-0.4, -0.2) is 26.8 Å². The fourth-order valence-electron chi connectivity index (χ4n) is 5.91. The smallest absolute Gasteiger partial charge is 0.0717 e. The molecule has 122 valence electrons. The molecule has 0 radical (unpaired) electrons. The van der Waals surface area contributed by atoms with Crippen molar-refractivity contribution in [2.24, 2.45) is 17.8 Å². The summed E-state index contributed by atoms with van der Waals surface area (Å²) in [5.74, 6) is 1.84. The number of anilines is 1. The zero-order valence-corrected chi connectivity index (χ0v) is 13.3. The van der Waals surface area contributed by atoms with E-state index in [4.69, 9.17) is 0 Å². The van der Waals surface area contributed by atoms with Crippen molar-refractivity contribution < 1.29 is 10.2 Å². The van der Waals surface area contributed by atoms with Gasteiger partial charge in [-0.05, 0) is 49.9 Å². The molecule has 4 heteroatoms. The fourth-order valence-corrected chi connectivity index (χ4v) is 5.91. The van der Waals surface area contributed by atoms with Crippen LogP contribution in [0.25, 0.3) is 6.08 Å². The normalized spacial score (nSPS) is 39.7. The number of allylic oxidation sites excluding steroid dienone is 1. The number of nitrogens with zero attached hydrogens (tertiary/aromatic N) is 1. The van der Waals surface area contributed by atoms with Gasteiger partial charge in [0, 0.05) is 29.8 Å². The van der Waals surface area contributed by atoms with E-state index in [9.17, 15) is 10.2 Å². The molecule has 1 aromatic heterocycles. The van der Waals surface area contributed by atoms with Crippen molar-refractivity contribution >= 4 is 11.8 Å². The minimum Gasteiger partial charge on any atom is -0.392 e. The van der Waals surface area contributed by atoms with E-state index in [-0.39, 0.29) is 6.61 Å². The molecular formula is C19H24N2O2. The van der Waals surface area contributed by atoms with Gasteiger partial charge in [-0.15, -0.1) is 0 Å². The number of hydrogen-bond donors (Lipinski definition) is 3. The van der Waals surface area contributed by atoms with E-state index in [1.54, 1.807) is 0 Å². The van der Waals surface area contributed by atoms with Crippen LogP contribution in [-0.2, 0) is 13.0 Å². The van der Waals surface area contributed by atoms with Gasteiger partial charge in [-0.25, -0.2) is 0 Å². The first kappa shape index (κ1) is 14.0. The van der Waals surface area contributed by atoms with Gasteiger partial charge in [0.15, 0.2) is 0 Å². The van der Waals surface area contributed by atoms with Gasteiger partial charge in [0.25, 0.3) is 0 Å². The summed E-state index contributed by atoms with van der Waals surface area (Å²) in [7, 11) is 0. The number of fused-ring (bicyclic) bond motifs is 1. The van der Waals surface area contributed by atoms with Crippen LogP contribution in [0.1, 0.15) is 48.9 Å². The molecule has 5 atom stereocenters. The average Bonchev–Trinajstić information content (AvgIpc) is 2.98. The van der Waals surface area contributed by atoms with E-state index in [0.717, 1.165) is 54.1 Å². The highest BCUT2D eigenvalue weighted by Crippen LogP contribution is 2.56. The summed E-state index contributed by atoms with van der Waals surface area (Å²) in [6.07, 6.45) is 12.4. The van der Waals surface area contributed by atoms with Gasteiger partial charge in [0.2, 0.25) is 0 Å². The number of aliphatic hydroxyl groups is 2. The molecule has 0 spiro atoms. The third kappa shape index (κ3) is 2.08. The molecule has 3 unspecified atom stereocenters. The first-order chi connectivity index (χ1) is 11.1. The Labute approximate surface area is 136 Å². The van der Waals surface area contributed by atoms with Crippen molar-refractivity contribution in [3.8, 4) is 0 Å². The molecular weight excluding hydrogens is 288 g/mol. The molecule has 4 saturated carbocycles. The predicted octanol–water partition coefficient (Wildman–Crippen LogP) is 2.49. The maximum atomic E-state index is 10.8. The molecule has 4 nitrogen and oxygen atoms in total. The second-order valence-electron chi connectivity index (χ2n) is 8.15. The highest BCUT2D eigenvalue weighted by Gasteiger charge is 2.54. The van der Waals surface area contributed by atoms with Gasteiger partial charge >= 0.3 is 0 Å². The Balaban J connectivity index is 1.49. The van der Waals surface area contributed by atoms with Crippen molar-refractivity contribution in [3.05, 3.63) is 29.1 Å².